The maximum Gasteiger partial charge on any atom is 0.323 e. The highest BCUT2D eigenvalue weighted by molar-refractivity contribution is 7.13. The Kier molecular flexibility index (Phi) is 7.52. The molecule has 2 saturated heterocycles. The summed E-state index contributed by atoms with van der Waals surface area (Å²) in [4.78, 5) is 42.5. The first-order valence-corrected chi connectivity index (χ1v) is 13.3. The van der Waals surface area contributed by atoms with Gasteiger partial charge in [0.05, 0.1) is 22.8 Å². The van der Waals surface area contributed by atoms with Gasteiger partial charge in [0, 0.05) is 63.9 Å². The second-order valence-corrected chi connectivity index (χ2v) is 10.00. The van der Waals surface area contributed by atoms with Crippen LogP contribution in [-0.2, 0) is 11.2 Å². The lowest BCUT2D eigenvalue weighted by Gasteiger charge is -2.36. The normalized spacial score (nSPS) is 16.2. The van der Waals surface area contributed by atoms with E-state index in [2.05, 4.69) is 25.1 Å². The van der Waals surface area contributed by atoms with Gasteiger partial charge in [-0.1, -0.05) is 29.8 Å². The third kappa shape index (κ3) is 5.71. The monoisotopic (exact) mass is 525 g/mol. The first-order valence-electron chi connectivity index (χ1n) is 12.0. The average Bonchev–Trinajstić information content (AvgIpc) is 3.36. The SMILES string of the molecule is O=C(Cc1csc(NC(=O)N2CCN(c3ccccn3)CC2)n1)N1CCN(c2ccccc2Cl)CC1. The third-order valence-corrected chi connectivity index (χ3v) is 7.59. The largest absolute Gasteiger partial charge is 0.367 e. The molecule has 0 saturated carbocycles. The van der Waals surface area contributed by atoms with E-state index in [0.717, 1.165) is 42.7 Å². The summed E-state index contributed by atoms with van der Waals surface area (Å²) in [5, 5.41) is 5.96. The van der Waals surface area contributed by atoms with E-state index in [4.69, 9.17) is 11.6 Å². The van der Waals surface area contributed by atoms with Gasteiger partial charge < -0.3 is 19.6 Å². The molecule has 0 aliphatic carbocycles. The minimum absolute atomic E-state index is 0.0441. The lowest BCUT2D eigenvalue weighted by Crippen LogP contribution is -2.50. The Bertz CT molecular complexity index is 1190. The second-order valence-electron chi connectivity index (χ2n) is 8.73. The molecule has 1 N–H and O–H groups in total. The molecule has 2 fully saturated rings. The Balaban J connectivity index is 1.08. The molecular formula is C25H28ClN7O2S. The zero-order chi connectivity index (χ0) is 24.9. The first-order chi connectivity index (χ1) is 17.6. The van der Waals surface area contributed by atoms with E-state index >= 15 is 0 Å². The van der Waals surface area contributed by atoms with Crippen LogP contribution in [0.2, 0.25) is 5.02 Å². The zero-order valence-corrected chi connectivity index (χ0v) is 21.4. The van der Waals surface area contributed by atoms with Gasteiger partial charge in [0.15, 0.2) is 5.13 Å². The van der Waals surface area contributed by atoms with Crippen molar-refractivity contribution in [3.63, 3.8) is 0 Å². The Morgan fingerprint density at radius 3 is 2.31 bits per heavy atom. The van der Waals surface area contributed by atoms with Gasteiger partial charge in [-0.15, -0.1) is 11.3 Å². The topological polar surface area (TPSA) is 84.9 Å². The fourth-order valence-electron chi connectivity index (χ4n) is 4.47. The van der Waals surface area contributed by atoms with Crippen LogP contribution in [0.15, 0.2) is 54.0 Å². The molecule has 9 nitrogen and oxygen atoms in total. The number of pyridine rings is 1. The summed E-state index contributed by atoms with van der Waals surface area (Å²) in [6.07, 6.45) is 2.00. The number of nitrogens with one attached hydrogen (secondary N) is 1. The molecule has 188 valence electrons. The van der Waals surface area contributed by atoms with Crippen LogP contribution >= 0.6 is 22.9 Å². The lowest BCUT2D eigenvalue weighted by molar-refractivity contribution is -0.130. The molecule has 3 aromatic rings. The molecule has 4 heterocycles. The molecule has 2 aliphatic heterocycles. The van der Waals surface area contributed by atoms with E-state index in [9.17, 15) is 9.59 Å². The van der Waals surface area contributed by atoms with Crippen molar-refractivity contribution >= 4 is 51.5 Å². The standard InChI is InChI=1S/C25H28ClN7O2S/c26-20-5-1-2-6-21(20)30-9-13-32(14-10-30)23(34)17-19-18-36-24(28-19)29-25(35)33-15-11-31(12-16-33)22-7-3-4-8-27-22/h1-8,18H,9-17H2,(H,28,29,35). The van der Waals surface area contributed by atoms with Gasteiger partial charge in [0.25, 0.3) is 0 Å². The molecule has 1 aromatic carbocycles. The van der Waals surface area contributed by atoms with Gasteiger partial charge in [-0.25, -0.2) is 14.8 Å². The maximum atomic E-state index is 12.8. The molecular weight excluding hydrogens is 498 g/mol. The number of aromatic nitrogens is 2. The highest BCUT2D eigenvalue weighted by atomic mass is 35.5. The number of hydrogen-bond acceptors (Lipinski definition) is 7. The number of thiazole rings is 1. The van der Waals surface area contributed by atoms with Gasteiger partial charge in [-0.05, 0) is 24.3 Å². The molecule has 11 heteroatoms. The number of hydrogen-bond donors (Lipinski definition) is 1. The van der Waals surface area contributed by atoms with Crippen molar-refractivity contribution in [1.29, 1.82) is 0 Å². The molecule has 3 amide bonds. The number of halogens is 1. The van der Waals surface area contributed by atoms with Crippen molar-refractivity contribution in [2.45, 2.75) is 6.42 Å². The van der Waals surface area contributed by atoms with Gasteiger partial charge in [-0.2, -0.15) is 0 Å². The van der Waals surface area contributed by atoms with Crippen molar-refractivity contribution in [2.24, 2.45) is 0 Å². The van der Waals surface area contributed by atoms with Crippen LogP contribution in [0.3, 0.4) is 0 Å². The number of amides is 3. The summed E-state index contributed by atoms with van der Waals surface area (Å²) in [6.45, 7) is 5.43. The Labute approximate surface area is 219 Å². The number of rotatable bonds is 5. The van der Waals surface area contributed by atoms with Crippen molar-refractivity contribution < 1.29 is 9.59 Å². The number of anilines is 3. The van der Waals surface area contributed by atoms with E-state index in [-0.39, 0.29) is 18.4 Å². The number of urea groups is 1. The van der Waals surface area contributed by atoms with Gasteiger partial charge in [0.1, 0.15) is 5.82 Å². The summed E-state index contributed by atoms with van der Waals surface area (Å²) < 4.78 is 0. The molecule has 0 spiro atoms. The Morgan fingerprint density at radius 2 is 1.58 bits per heavy atom. The number of carbonyl (C=O) groups excluding carboxylic acids is 2. The van der Waals surface area contributed by atoms with Crippen LogP contribution in [0.5, 0.6) is 0 Å². The average molecular weight is 526 g/mol. The van der Waals surface area contributed by atoms with E-state index in [1.165, 1.54) is 11.3 Å². The van der Waals surface area contributed by atoms with E-state index in [0.29, 0.717) is 37.0 Å². The van der Waals surface area contributed by atoms with Gasteiger partial charge >= 0.3 is 6.03 Å². The van der Waals surface area contributed by atoms with E-state index < -0.39 is 0 Å². The fraction of sp³-hybridized carbons (Fsp3) is 0.360. The summed E-state index contributed by atoms with van der Waals surface area (Å²) >= 11 is 7.66. The van der Waals surface area contributed by atoms with Crippen LogP contribution < -0.4 is 15.1 Å². The summed E-state index contributed by atoms with van der Waals surface area (Å²) in [7, 11) is 0. The summed E-state index contributed by atoms with van der Waals surface area (Å²) in [5.74, 6) is 0.972. The smallest absolute Gasteiger partial charge is 0.323 e. The molecule has 2 aromatic heterocycles. The maximum absolute atomic E-state index is 12.8. The quantitative estimate of drug-likeness (QED) is 0.549. The highest BCUT2D eigenvalue weighted by Crippen LogP contribution is 2.26. The molecule has 36 heavy (non-hydrogen) atoms. The molecule has 0 unspecified atom stereocenters. The first kappa shape index (κ1) is 24.3. The van der Waals surface area contributed by atoms with Crippen molar-refractivity contribution in [3.8, 4) is 0 Å². The Hall–Kier alpha value is -3.37. The lowest BCUT2D eigenvalue weighted by atomic mass is 10.2. The number of nitrogens with zero attached hydrogens (tertiary/aromatic N) is 6. The minimum atomic E-state index is -0.168. The van der Waals surface area contributed by atoms with Gasteiger partial charge in [-0.3, -0.25) is 10.1 Å². The zero-order valence-electron chi connectivity index (χ0n) is 19.8. The second kappa shape index (κ2) is 11.1. The molecule has 5 rings (SSSR count). The van der Waals surface area contributed by atoms with Crippen molar-refractivity contribution in [1.82, 2.24) is 19.8 Å². The van der Waals surface area contributed by atoms with Crippen molar-refractivity contribution in [2.75, 3.05) is 67.5 Å². The number of para-hydroxylation sites is 1. The third-order valence-electron chi connectivity index (χ3n) is 6.46. The summed E-state index contributed by atoms with van der Waals surface area (Å²) in [5.41, 5.74) is 1.68. The molecule has 2 aliphatic rings. The predicted octanol–water partition coefficient (Wildman–Crippen LogP) is 3.44. The van der Waals surface area contributed by atoms with Gasteiger partial charge in [0.2, 0.25) is 5.91 Å². The van der Waals surface area contributed by atoms with Crippen LogP contribution in [-0.4, -0.2) is 84.1 Å². The fourth-order valence-corrected chi connectivity index (χ4v) is 5.42. The highest BCUT2D eigenvalue weighted by Gasteiger charge is 2.24. The Morgan fingerprint density at radius 1 is 0.889 bits per heavy atom. The summed E-state index contributed by atoms with van der Waals surface area (Å²) in [6, 6.07) is 13.4. The minimum Gasteiger partial charge on any atom is -0.367 e. The number of piperazine rings is 2. The van der Waals surface area contributed by atoms with Crippen LogP contribution in [0.25, 0.3) is 0 Å². The molecule has 0 radical (unpaired) electrons. The van der Waals surface area contributed by atoms with E-state index in [1.54, 1.807) is 11.1 Å². The van der Waals surface area contributed by atoms with E-state index in [1.807, 2.05) is 52.7 Å². The molecule has 0 bridgehead atoms. The predicted molar refractivity (Wildman–Crippen MR) is 143 cm³/mol. The number of carbonyl (C=O) groups is 2. The van der Waals surface area contributed by atoms with Crippen molar-refractivity contribution in [3.05, 3.63) is 64.8 Å². The van der Waals surface area contributed by atoms with Crippen LogP contribution in [0.1, 0.15) is 5.69 Å². The molecule has 0 atom stereocenters. The van der Waals surface area contributed by atoms with Crippen LogP contribution in [0.4, 0.5) is 21.4 Å². The number of benzene rings is 1. The van der Waals surface area contributed by atoms with Crippen LogP contribution in [0, 0.1) is 0 Å².